The van der Waals surface area contributed by atoms with Crippen LogP contribution in [0.3, 0.4) is 0 Å². The molecule has 2 unspecified atom stereocenters. The molecule has 2 rings (SSSR count). The highest BCUT2D eigenvalue weighted by Crippen LogP contribution is 2.36. The first kappa shape index (κ1) is 11.9. The van der Waals surface area contributed by atoms with E-state index >= 15 is 0 Å². The summed E-state index contributed by atoms with van der Waals surface area (Å²) >= 11 is 0. The van der Waals surface area contributed by atoms with Gasteiger partial charge in [0, 0.05) is 12.0 Å². The number of benzene rings is 1. The van der Waals surface area contributed by atoms with Crippen molar-refractivity contribution in [2.24, 2.45) is 10.7 Å². The van der Waals surface area contributed by atoms with Crippen LogP contribution in [-0.2, 0) is 10.3 Å². The Morgan fingerprint density at radius 3 is 2.88 bits per heavy atom. The van der Waals surface area contributed by atoms with Gasteiger partial charge in [-0.3, -0.25) is 0 Å². The highest BCUT2D eigenvalue weighted by Gasteiger charge is 2.36. The van der Waals surface area contributed by atoms with Crippen LogP contribution in [-0.4, -0.2) is 12.1 Å². The third kappa shape index (κ3) is 2.25. The Morgan fingerprint density at radius 2 is 2.24 bits per heavy atom. The zero-order chi connectivity index (χ0) is 12.5. The van der Waals surface area contributed by atoms with E-state index in [-0.39, 0.29) is 17.9 Å². The molecule has 2 N–H and O–H groups in total. The van der Waals surface area contributed by atoms with E-state index in [1.165, 1.54) is 6.07 Å². The van der Waals surface area contributed by atoms with Gasteiger partial charge in [0.1, 0.15) is 11.9 Å². The van der Waals surface area contributed by atoms with Crippen LogP contribution in [0.1, 0.15) is 32.3 Å². The number of hydrogen-bond acceptors (Lipinski definition) is 3. The maximum atomic E-state index is 13.8. The number of ether oxygens (including phenoxy) is 1. The molecule has 1 aromatic rings. The van der Waals surface area contributed by atoms with Crippen molar-refractivity contribution in [1.82, 2.24) is 0 Å². The second-order valence-corrected chi connectivity index (χ2v) is 4.56. The molecule has 0 amide bonds. The van der Waals surface area contributed by atoms with Crippen LogP contribution >= 0.6 is 0 Å². The van der Waals surface area contributed by atoms with E-state index in [0.717, 1.165) is 6.42 Å². The summed E-state index contributed by atoms with van der Waals surface area (Å²) in [6.07, 6.45) is 1.47. The van der Waals surface area contributed by atoms with Crippen molar-refractivity contribution in [1.29, 1.82) is 0 Å². The van der Waals surface area contributed by atoms with E-state index in [4.69, 9.17) is 10.5 Å². The highest BCUT2D eigenvalue weighted by molar-refractivity contribution is 5.73. The maximum absolute atomic E-state index is 13.8. The molecule has 1 heterocycles. The first-order chi connectivity index (χ1) is 8.05. The molecule has 17 heavy (non-hydrogen) atoms. The van der Waals surface area contributed by atoms with Crippen molar-refractivity contribution in [3.63, 3.8) is 0 Å². The Hall–Kier alpha value is -1.58. The second-order valence-electron chi connectivity index (χ2n) is 4.56. The summed E-state index contributed by atoms with van der Waals surface area (Å²) in [6, 6.07) is 6.83. The van der Waals surface area contributed by atoms with E-state index in [0.29, 0.717) is 12.0 Å². The normalized spacial score (nSPS) is 28.4. The number of rotatable bonds is 2. The van der Waals surface area contributed by atoms with Crippen LogP contribution in [0.25, 0.3) is 0 Å². The molecule has 0 aromatic heterocycles. The van der Waals surface area contributed by atoms with Gasteiger partial charge in [0.15, 0.2) is 0 Å². The van der Waals surface area contributed by atoms with E-state index in [1.54, 1.807) is 12.1 Å². The molecule has 3 nitrogen and oxygen atoms in total. The molecule has 0 spiro atoms. The van der Waals surface area contributed by atoms with Gasteiger partial charge < -0.3 is 10.5 Å². The second kappa shape index (κ2) is 4.35. The van der Waals surface area contributed by atoms with E-state index in [1.807, 2.05) is 19.9 Å². The summed E-state index contributed by atoms with van der Waals surface area (Å²) in [4.78, 5) is 4.28. The molecule has 0 saturated carbocycles. The average molecular weight is 236 g/mol. The van der Waals surface area contributed by atoms with Crippen LogP contribution in [0.15, 0.2) is 29.3 Å². The van der Waals surface area contributed by atoms with Crippen molar-refractivity contribution < 1.29 is 9.13 Å². The molecule has 0 bridgehead atoms. The predicted molar refractivity (Wildman–Crippen MR) is 65.2 cm³/mol. The van der Waals surface area contributed by atoms with Crippen molar-refractivity contribution >= 4 is 6.02 Å². The van der Waals surface area contributed by atoms with Gasteiger partial charge in [-0.05, 0) is 19.4 Å². The zero-order valence-corrected chi connectivity index (χ0v) is 10.1. The van der Waals surface area contributed by atoms with Crippen molar-refractivity contribution in [3.8, 4) is 0 Å². The summed E-state index contributed by atoms with van der Waals surface area (Å²) in [7, 11) is 0. The lowest BCUT2D eigenvalue weighted by atomic mass is 9.85. The van der Waals surface area contributed by atoms with Crippen LogP contribution in [0, 0.1) is 5.82 Å². The molecule has 0 fully saturated rings. The summed E-state index contributed by atoms with van der Waals surface area (Å²) in [5, 5.41) is 0. The fourth-order valence-corrected chi connectivity index (χ4v) is 2.27. The van der Waals surface area contributed by atoms with E-state index < -0.39 is 5.54 Å². The van der Waals surface area contributed by atoms with Crippen LogP contribution in [0.5, 0.6) is 0 Å². The lowest BCUT2D eigenvalue weighted by molar-refractivity contribution is 0.115. The Balaban J connectivity index is 2.42. The van der Waals surface area contributed by atoms with Gasteiger partial charge in [0.05, 0.1) is 5.54 Å². The van der Waals surface area contributed by atoms with Gasteiger partial charge in [0.25, 0.3) is 6.02 Å². The highest BCUT2D eigenvalue weighted by atomic mass is 19.1. The minimum absolute atomic E-state index is 0.00268. The molecule has 1 aromatic carbocycles. The van der Waals surface area contributed by atoms with Gasteiger partial charge in [0.2, 0.25) is 0 Å². The first-order valence-corrected chi connectivity index (χ1v) is 5.82. The molecule has 2 atom stereocenters. The van der Waals surface area contributed by atoms with Crippen molar-refractivity contribution in [2.45, 2.75) is 38.3 Å². The smallest absolute Gasteiger partial charge is 0.283 e. The van der Waals surface area contributed by atoms with Gasteiger partial charge in [-0.2, -0.15) is 0 Å². The lowest BCUT2D eigenvalue weighted by Gasteiger charge is -2.34. The monoisotopic (exact) mass is 236 g/mol. The molecule has 92 valence electrons. The van der Waals surface area contributed by atoms with Gasteiger partial charge >= 0.3 is 0 Å². The van der Waals surface area contributed by atoms with Crippen LogP contribution in [0.4, 0.5) is 4.39 Å². The van der Waals surface area contributed by atoms with Crippen LogP contribution < -0.4 is 5.73 Å². The minimum Gasteiger partial charge on any atom is -0.462 e. The zero-order valence-electron chi connectivity index (χ0n) is 10.1. The van der Waals surface area contributed by atoms with Crippen molar-refractivity contribution in [3.05, 3.63) is 35.6 Å². The quantitative estimate of drug-likeness (QED) is 0.857. The lowest BCUT2D eigenvalue weighted by Crippen LogP contribution is -2.39. The number of nitrogens with two attached hydrogens (primary N) is 1. The first-order valence-electron chi connectivity index (χ1n) is 5.82. The number of aliphatic imine (C=N–C) groups is 1. The largest absolute Gasteiger partial charge is 0.462 e. The molecular formula is C13H17FN2O. The SMILES string of the molecule is CCC1CC(C)(c2ccccc2F)N=C(N)O1. The third-order valence-corrected chi connectivity index (χ3v) is 3.18. The molecule has 1 aliphatic rings. The molecule has 0 aliphatic carbocycles. The standard InChI is InChI=1S/C13H17FN2O/c1-3-9-8-13(2,16-12(15)17-9)10-6-4-5-7-11(10)14/h4-7,9H,3,8H2,1-2H3,(H2,15,16). The van der Waals surface area contributed by atoms with Crippen molar-refractivity contribution in [2.75, 3.05) is 0 Å². The topological polar surface area (TPSA) is 47.6 Å². The van der Waals surface area contributed by atoms with E-state index in [9.17, 15) is 4.39 Å². The summed E-state index contributed by atoms with van der Waals surface area (Å²) in [5.74, 6) is -0.247. The van der Waals surface area contributed by atoms with Crippen LogP contribution in [0.2, 0.25) is 0 Å². The Bertz CT molecular complexity index is 447. The molecule has 0 saturated heterocycles. The number of hydrogen-bond donors (Lipinski definition) is 1. The summed E-state index contributed by atoms with van der Waals surface area (Å²) < 4.78 is 19.2. The van der Waals surface area contributed by atoms with E-state index in [2.05, 4.69) is 4.99 Å². The van der Waals surface area contributed by atoms with Gasteiger partial charge in [-0.25, -0.2) is 9.38 Å². The predicted octanol–water partition coefficient (Wildman–Crippen LogP) is 2.55. The number of nitrogens with zero attached hydrogens (tertiary/aromatic N) is 1. The van der Waals surface area contributed by atoms with Gasteiger partial charge in [-0.15, -0.1) is 0 Å². The summed E-state index contributed by atoms with van der Waals surface area (Å²) in [5.41, 5.74) is 5.61. The van der Waals surface area contributed by atoms with Gasteiger partial charge in [-0.1, -0.05) is 25.1 Å². The molecule has 1 aliphatic heterocycles. The average Bonchev–Trinajstić information content (AvgIpc) is 2.28. The molecule has 0 radical (unpaired) electrons. The summed E-state index contributed by atoms with van der Waals surface area (Å²) in [6.45, 7) is 3.91. The minimum atomic E-state index is -0.631. The third-order valence-electron chi connectivity index (χ3n) is 3.18. The Labute approximate surface area is 100 Å². The Kier molecular flexibility index (Phi) is 3.05. The molecular weight excluding hydrogens is 219 g/mol. The number of halogens is 1. The number of amidine groups is 1. The Morgan fingerprint density at radius 1 is 1.53 bits per heavy atom. The molecule has 4 heteroatoms. The fourth-order valence-electron chi connectivity index (χ4n) is 2.27. The maximum Gasteiger partial charge on any atom is 0.283 e. The fraction of sp³-hybridized carbons (Fsp3) is 0.462.